The Morgan fingerprint density at radius 3 is 1.88 bits per heavy atom. The number of hydrogen-bond donors (Lipinski definition) is 11. The number of guanidine groups is 1. The molecule has 0 radical (unpaired) electrons. The van der Waals surface area contributed by atoms with Crippen molar-refractivity contribution in [3.8, 4) is 0 Å². The van der Waals surface area contributed by atoms with Gasteiger partial charge in [0, 0.05) is 19.9 Å². The molecule has 0 heterocycles. The molecule has 0 bridgehead atoms. The van der Waals surface area contributed by atoms with E-state index in [0.29, 0.717) is 6.42 Å². The smallest absolute Gasteiger partial charge is 0.305 e. The summed E-state index contributed by atoms with van der Waals surface area (Å²) in [6.07, 6.45) is -1.56. The summed E-state index contributed by atoms with van der Waals surface area (Å²) in [6.45, 7) is 1.95. The van der Waals surface area contributed by atoms with Gasteiger partial charge in [-0.15, -0.1) is 0 Å². The third-order valence-electron chi connectivity index (χ3n) is 5.19. The predicted molar refractivity (Wildman–Crippen MR) is 140 cm³/mol. The van der Waals surface area contributed by atoms with Gasteiger partial charge in [-0.3, -0.25) is 43.8 Å². The van der Waals surface area contributed by atoms with Crippen LogP contribution in [-0.4, -0.2) is 101 Å². The fourth-order valence-corrected chi connectivity index (χ4v) is 3.21. The zero-order chi connectivity index (χ0) is 31.7. The summed E-state index contributed by atoms with van der Waals surface area (Å²) in [4.78, 5) is 95.1. The van der Waals surface area contributed by atoms with E-state index in [1.807, 2.05) is 0 Å². The zero-order valence-corrected chi connectivity index (χ0v) is 22.6. The molecule has 0 aliphatic carbocycles. The van der Waals surface area contributed by atoms with E-state index >= 15 is 0 Å². The van der Waals surface area contributed by atoms with Crippen LogP contribution >= 0.6 is 0 Å². The minimum atomic E-state index is -1.74. The fraction of sp³-hybridized carbons (Fsp3) is 0.591. The number of primary amides is 1. The zero-order valence-electron chi connectivity index (χ0n) is 22.6. The van der Waals surface area contributed by atoms with E-state index in [0.717, 1.165) is 6.92 Å². The van der Waals surface area contributed by atoms with Crippen LogP contribution in [0.5, 0.6) is 0 Å². The first-order chi connectivity index (χ1) is 19.0. The van der Waals surface area contributed by atoms with Crippen LogP contribution in [0.4, 0.5) is 0 Å². The summed E-state index contributed by atoms with van der Waals surface area (Å²) in [7, 11) is 0. The highest BCUT2D eigenvalue weighted by atomic mass is 16.4. The Balaban J connectivity index is 5.33. The summed E-state index contributed by atoms with van der Waals surface area (Å²) in [5, 5.41) is 38.8. The largest absolute Gasteiger partial charge is 0.481 e. The van der Waals surface area contributed by atoms with Crippen molar-refractivity contribution >= 4 is 53.3 Å². The van der Waals surface area contributed by atoms with Crippen molar-refractivity contribution in [2.75, 3.05) is 13.1 Å². The SMILES string of the molecule is CC(=O)N[C@@H](C)C(=O)N[C@@H](CCC(=O)O)C(=O)N[C@@H](CC(=O)O)C(=O)NCC(=O)N[C@@H](CCCNC(=N)N)C(N)=O. The van der Waals surface area contributed by atoms with Gasteiger partial charge in [-0.05, 0) is 26.2 Å². The molecule has 230 valence electrons. The van der Waals surface area contributed by atoms with Crippen molar-refractivity contribution in [1.82, 2.24) is 31.9 Å². The van der Waals surface area contributed by atoms with Gasteiger partial charge in [-0.1, -0.05) is 0 Å². The number of carbonyl (C=O) groups excluding carboxylic acids is 6. The molecule has 0 aromatic rings. The molecule has 0 aromatic carbocycles. The average molecular weight is 588 g/mol. The molecule has 4 atom stereocenters. The quantitative estimate of drug-likeness (QED) is 0.0385. The summed E-state index contributed by atoms with van der Waals surface area (Å²) in [5.41, 5.74) is 10.4. The number of nitrogens with two attached hydrogens (primary N) is 2. The first kappa shape index (κ1) is 36.0. The molecule has 41 heavy (non-hydrogen) atoms. The Labute approximate surface area is 234 Å². The molecule has 0 saturated carbocycles. The van der Waals surface area contributed by atoms with Gasteiger partial charge in [0.15, 0.2) is 5.96 Å². The maximum absolute atomic E-state index is 12.8. The second-order valence-corrected chi connectivity index (χ2v) is 8.80. The minimum Gasteiger partial charge on any atom is -0.481 e. The van der Waals surface area contributed by atoms with Crippen LogP contribution in [0.2, 0.25) is 0 Å². The lowest BCUT2D eigenvalue weighted by molar-refractivity contribution is -0.141. The standard InChI is InChI=1S/C22H37N9O10/c1-10(28-11(2)32)19(39)30-13(5-6-16(34)35)21(41)31-14(8-17(36)37)20(40)27-9-15(33)29-12(18(23)38)4-3-7-26-22(24)25/h10,12-14H,3-9H2,1-2H3,(H2,23,38)(H,27,40)(H,28,32)(H,29,33)(H,30,39)(H,31,41)(H,34,35)(H,36,37)(H4,24,25,26)/t10-,12-,13-,14-/m0/s1. The Kier molecular flexibility index (Phi) is 16.1. The third-order valence-corrected chi connectivity index (χ3v) is 5.19. The van der Waals surface area contributed by atoms with E-state index in [1.54, 1.807) is 0 Å². The van der Waals surface area contributed by atoms with Crippen molar-refractivity contribution in [2.24, 2.45) is 11.5 Å². The predicted octanol–water partition coefficient (Wildman–Crippen LogP) is -4.83. The summed E-state index contributed by atoms with van der Waals surface area (Å²) in [5.74, 6) is -8.41. The molecule has 19 nitrogen and oxygen atoms in total. The summed E-state index contributed by atoms with van der Waals surface area (Å²) in [6, 6.07) is -5.48. The van der Waals surface area contributed by atoms with Crippen molar-refractivity contribution in [3.63, 3.8) is 0 Å². The molecule has 13 N–H and O–H groups in total. The van der Waals surface area contributed by atoms with Crippen LogP contribution in [0.25, 0.3) is 0 Å². The third kappa shape index (κ3) is 16.6. The molecular formula is C22H37N9O10. The maximum atomic E-state index is 12.8. The van der Waals surface area contributed by atoms with Crippen molar-refractivity contribution < 1.29 is 48.6 Å². The van der Waals surface area contributed by atoms with Crippen molar-refractivity contribution in [1.29, 1.82) is 5.41 Å². The van der Waals surface area contributed by atoms with Gasteiger partial charge in [-0.2, -0.15) is 0 Å². The number of carboxylic acids is 2. The lowest BCUT2D eigenvalue weighted by atomic mass is 10.1. The van der Waals surface area contributed by atoms with Crippen LogP contribution in [0.1, 0.15) is 46.0 Å². The van der Waals surface area contributed by atoms with Gasteiger partial charge >= 0.3 is 11.9 Å². The maximum Gasteiger partial charge on any atom is 0.305 e. The lowest BCUT2D eigenvalue weighted by Gasteiger charge is -2.23. The Bertz CT molecular complexity index is 1020. The van der Waals surface area contributed by atoms with Gasteiger partial charge in [0.2, 0.25) is 35.4 Å². The highest BCUT2D eigenvalue weighted by Gasteiger charge is 2.30. The Morgan fingerprint density at radius 2 is 1.37 bits per heavy atom. The highest BCUT2D eigenvalue weighted by molar-refractivity contribution is 5.96. The highest BCUT2D eigenvalue weighted by Crippen LogP contribution is 2.03. The molecule has 0 rings (SSSR count). The number of nitrogens with one attached hydrogen (secondary N) is 7. The molecule has 19 heteroatoms. The molecule has 0 fully saturated rings. The second kappa shape index (κ2) is 18.3. The minimum absolute atomic E-state index is 0.0804. The van der Waals surface area contributed by atoms with Gasteiger partial charge < -0.3 is 53.6 Å². The molecule has 0 spiro atoms. The summed E-state index contributed by atoms with van der Waals surface area (Å²) < 4.78 is 0. The van der Waals surface area contributed by atoms with Crippen LogP contribution < -0.4 is 43.4 Å². The fourth-order valence-electron chi connectivity index (χ4n) is 3.21. The van der Waals surface area contributed by atoms with E-state index < -0.39 is 97.4 Å². The molecular weight excluding hydrogens is 550 g/mol. The van der Waals surface area contributed by atoms with Crippen LogP contribution in [-0.2, 0) is 38.4 Å². The van der Waals surface area contributed by atoms with Crippen molar-refractivity contribution in [3.05, 3.63) is 0 Å². The first-order valence-corrected chi connectivity index (χ1v) is 12.3. The van der Waals surface area contributed by atoms with Crippen LogP contribution in [0, 0.1) is 5.41 Å². The second-order valence-electron chi connectivity index (χ2n) is 8.80. The van der Waals surface area contributed by atoms with E-state index in [1.165, 1.54) is 6.92 Å². The number of rotatable bonds is 19. The van der Waals surface area contributed by atoms with Gasteiger partial charge in [0.05, 0.1) is 13.0 Å². The lowest BCUT2D eigenvalue weighted by Crippen LogP contribution is -2.57. The number of carboxylic acid groups (broad SMARTS) is 2. The molecule has 0 unspecified atom stereocenters. The number of hydrogen-bond acceptors (Lipinski definition) is 9. The van der Waals surface area contributed by atoms with Gasteiger partial charge in [0.25, 0.3) is 0 Å². The van der Waals surface area contributed by atoms with E-state index in [2.05, 4.69) is 31.9 Å². The molecule has 0 aliphatic heterocycles. The Hall–Kier alpha value is -4.97. The molecule has 0 saturated heterocycles. The number of aliphatic carboxylic acids is 2. The van der Waals surface area contributed by atoms with E-state index in [4.69, 9.17) is 22.0 Å². The van der Waals surface area contributed by atoms with Crippen molar-refractivity contribution in [2.45, 2.75) is 70.1 Å². The molecule has 6 amide bonds. The van der Waals surface area contributed by atoms with Crippen LogP contribution in [0.15, 0.2) is 0 Å². The molecule has 0 aromatic heterocycles. The number of carbonyl (C=O) groups is 8. The topological polar surface area (TPSA) is 325 Å². The average Bonchev–Trinajstić information content (AvgIpc) is 2.84. The van der Waals surface area contributed by atoms with Gasteiger partial charge in [-0.25, -0.2) is 0 Å². The van der Waals surface area contributed by atoms with Crippen LogP contribution in [0.3, 0.4) is 0 Å². The van der Waals surface area contributed by atoms with E-state index in [9.17, 15) is 43.5 Å². The Morgan fingerprint density at radius 1 is 0.756 bits per heavy atom. The molecule has 0 aliphatic rings. The van der Waals surface area contributed by atoms with E-state index in [-0.39, 0.29) is 18.9 Å². The number of amides is 6. The van der Waals surface area contributed by atoms with Gasteiger partial charge in [0.1, 0.15) is 24.2 Å². The summed E-state index contributed by atoms with van der Waals surface area (Å²) >= 11 is 0. The first-order valence-electron chi connectivity index (χ1n) is 12.3. The normalized spacial score (nSPS) is 13.2. The monoisotopic (exact) mass is 587 g/mol.